The van der Waals surface area contributed by atoms with Crippen LogP contribution in [0, 0.1) is 0 Å². The molecule has 0 bridgehead atoms. The van der Waals surface area contributed by atoms with Crippen LogP contribution in [0.2, 0.25) is 0 Å². The number of alkyl halides is 3. The number of thioether (sulfide) groups is 1. The summed E-state index contributed by atoms with van der Waals surface area (Å²) in [4.78, 5) is 35.9. The summed E-state index contributed by atoms with van der Waals surface area (Å²) >= 11 is 0.686. The number of benzene rings is 2. The average molecular weight is 492 g/mol. The van der Waals surface area contributed by atoms with Gasteiger partial charge < -0.3 is 14.8 Å². The number of ether oxygens (including phenoxy) is 2. The van der Waals surface area contributed by atoms with E-state index in [2.05, 4.69) is 15.4 Å². The van der Waals surface area contributed by atoms with Gasteiger partial charge in [0.05, 0.1) is 11.5 Å². The Morgan fingerprint density at radius 1 is 1.21 bits per heavy atom. The van der Waals surface area contributed by atoms with Gasteiger partial charge in [0, 0.05) is 34.7 Å². The molecule has 2 aliphatic rings. The summed E-state index contributed by atoms with van der Waals surface area (Å²) in [5.41, 5.74) is 1.03. The fourth-order valence-electron chi connectivity index (χ4n) is 3.73. The maximum Gasteiger partial charge on any atom is 0.573 e. The lowest BCUT2D eigenvalue weighted by atomic mass is 9.84. The van der Waals surface area contributed by atoms with Gasteiger partial charge in [-0.1, -0.05) is 19.9 Å². The van der Waals surface area contributed by atoms with Crippen LogP contribution in [0.1, 0.15) is 35.3 Å². The largest absolute Gasteiger partial charge is 0.573 e. The molecule has 0 spiro atoms. The molecule has 0 aromatic heterocycles. The van der Waals surface area contributed by atoms with E-state index in [0.29, 0.717) is 28.6 Å². The lowest BCUT2D eigenvalue weighted by Gasteiger charge is -2.19. The monoisotopic (exact) mass is 492 g/mol. The standard InChI is InChI=1S/C23H19F3N2O5S/c1-22(2)10-32-18-14(8-12(9-15(18)22)19(29)27-3)13-6-11(4-5-16(13)33-23(24,25)26)7-17-20(30)28-21(31)34-17/h4-9H,10H2,1-3H3,(H,27,29)(H,28,30,31)/b17-7-. The van der Waals surface area contributed by atoms with Crippen LogP contribution in [0.15, 0.2) is 35.2 Å². The van der Waals surface area contributed by atoms with E-state index >= 15 is 0 Å². The number of fused-ring (bicyclic) bond motifs is 1. The summed E-state index contributed by atoms with van der Waals surface area (Å²) in [6.45, 7) is 4.07. The number of halogens is 3. The SMILES string of the molecule is CNC(=O)c1cc(-c2cc(/C=C3\SC(=O)NC3=O)ccc2OC(F)(F)F)c2c(c1)C(C)(C)CO2. The molecule has 2 aliphatic heterocycles. The Balaban J connectivity index is 1.94. The molecule has 34 heavy (non-hydrogen) atoms. The van der Waals surface area contributed by atoms with Crippen LogP contribution in [0.5, 0.6) is 11.5 Å². The highest BCUT2D eigenvalue weighted by Gasteiger charge is 2.37. The molecule has 2 aromatic carbocycles. The minimum Gasteiger partial charge on any atom is -0.492 e. The lowest BCUT2D eigenvalue weighted by molar-refractivity contribution is -0.274. The van der Waals surface area contributed by atoms with E-state index in [1.54, 1.807) is 6.07 Å². The summed E-state index contributed by atoms with van der Waals surface area (Å²) in [5.74, 6) is -1.17. The van der Waals surface area contributed by atoms with Gasteiger partial charge in [-0.15, -0.1) is 13.2 Å². The molecule has 2 aromatic rings. The highest BCUT2D eigenvalue weighted by atomic mass is 32.2. The first-order valence-corrected chi connectivity index (χ1v) is 10.9. The van der Waals surface area contributed by atoms with Crippen LogP contribution in [-0.4, -0.2) is 37.1 Å². The molecule has 2 heterocycles. The van der Waals surface area contributed by atoms with Gasteiger partial charge in [-0.05, 0) is 47.7 Å². The molecule has 7 nitrogen and oxygen atoms in total. The fourth-order valence-corrected chi connectivity index (χ4v) is 4.41. The molecule has 2 N–H and O–H groups in total. The summed E-state index contributed by atoms with van der Waals surface area (Å²) < 4.78 is 49.7. The van der Waals surface area contributed by atoms with Crippen molar-refractivity contribution in [1.29, 1.82) is 0 Å². The van der Waals surface area contributed by atoms with Crippen molar-refractivity contribution in [1.82, 2.24) is 10.6 Å². The fraction of sp³-hybridized carbons (Fsp3) is 0.261. The number of nitrogens with one attached hydrogen (secondary N) is 2. The van der Waals surface area contributed by atoms with Gasteiger partial charge in [0.25, 0.3) is 17.1 Å². The molecular formula is C23H19F3N2O5S. The van der Waals surface area contributed by atoms with E-state index in [1.165, 1.54) is 31.3 Å². The van der Waals surface area contributed by atoms with Crippen molar-refractivity contribution in [3.8, 4) is 22.6 Å². The second-order valence-electron chi connectivity index (χ2n) is 8.31. The van der Waals surface area contributed by atoms with Gasteiger partial charge in [0.15, 0.2) is 0 Å². The molecule has 0 atom stereocenters. The number of rotatable bonds is 4. The van der Waals surface area contributed by atoms with Crippen molar-refractivity contribution >= 4 is 34.9 Å². The summed E-state index contributed by atoms with van der Waals surface area (Å²) in [7, 11) is 1.45. The van der Waals surface area contributed by atoms with Gasteiger partial charge in [0.2, 0.25) is 0 Å². The van der Waals surface area contributed by atoms with Crippen LogP contribution in [0.3, 0.4) is 0 Å². The third-order valence-corrected chi connectivity index (χ3v) is 6.15. The summed E-state index contributed by atoms with van der Waals surface area (Å²) in [6.07, 6.45) is -3.58. The number of hydrogen-bond acceptors (Lipinski definition) is 6. The third-order valence-electron chi connectivity index (χ3n) is 5.34. The zero-order chi connectivity index (χ0) is 24.8. The summed E-state index contributed by atoms with van der Waals surface area (Å²) in [6, 6.07) is 6.94. The molecule has 11 heteroatoms. The van der Waals surface area contributed by atoms with Crippen molar-refractivity contribution in [2.45, 2.75) is 25.6 Å². The minimum absolute atomic E-state index is 0.0149. The summed E-state index contributed by atoms with van der Waals surface area (Å²) in [5, 5.41) is 4.10. The zero-order valence-electron chi connectivity index (χ0n) is 18.3. The maximum absolute atomic E-state index is 13.2. The quantitative estimate of drug-likeness (QED) is 0.606. The molecule has 4 rings (SSSR count). The van der Waals surface area contributed by atoms with Crippen LogP contribution in [0.4, 0.5) is 18.0 Å². The molecule has 0 saturated carbocycles. The van der Waals surface area contributed by atoms with Gasteiger partial charge >= 0.3 is 6.36 Å². The second kappa shape index (κ2) is 8.39. The van der Waals surface area contributed by atoms with Crippen molar-refractivity contribution in [3.63, 3.8) is 0 Å². The highest BCUT2D eigenvalue weighted by Crippen LogP contribution is 2.48. The Labute approximate surface area is 196 Å². The van der Waals surface area contributed by atoms with Gasteiger partial charge in [0.1, 0.15) is 11.5 Å². The Morgan fingerprint density at radius 3 is 2.56 bits per heavy atom. The molecule has 0 aliphatic carbocycles. The molecule has 178 valence electrons. The first kappa shape index (κ1) is 23.7. The maximum atomic E-state index is 13.2. The number of amides is 3. The van der Waals surface area contributed by atoms with Crippen molar-refractivity contribution in [2.24, 2.45) is 0 Å². The molecular weight excluding hydrogens is 473 g/mol. The number of carbonyl (C=O) groups excluding carboxylic acids is 3. The molecule has 0 radical (unpaired) electrons. The van der Waals surface area contributed by atoms with Crippen molar-refractivity contribution < 1.29 is 37.0 Å². The van der Waals surface area contributed by atoms with E-state index in [1.807, 2.05) is 13.8 Å². The van der Waals surface area contributed by atoms with Gasteiger partial charge in [-0.2, -0.15) is 0 Å². The van der Waals surface area contributed by atoms with Crippen LogP contribution < -0.4 is 20.1 Å². The van der Waals surface area contributed by atoms with E-state index < -0.39 is 34.6 Å². The Kier molecular flexibility index (Phi) is 5.84. The Bertz CT molecular complexity index is 1250. The zero-order valence-corrected chi connectivity index (χ0v) is 19.1. The predicted octanol–water partition coefficient (Wildman–Crippen LogP) is 4.61. The van der Waals surface area contributed by atoms with Crippen molar-refractivity contribution in [3.05, 3.63) is 51.9 Å². The third kappa shape index (κ3) is 4.60. The highest BCUT2D eigenvalue weighted by molar-refractivity contribution is 8.18. The number of imide groups is 1. The Morgan fingerprint density at radius 2 is 1.94 bits per heavy atom. The molecule has 0 unspecified atom stereocenters. The Hall–Kier alpha value is -3.47. The normalized spacial score (nSPS) is 17.9. The topological polar surface area (TPSA) is 93.7 Å². The van der Waals surface area contributed by atoms with Crippen molar-refractivity contribution in [2.75, 3.05) is 13.7 Å². The predicted molar refractivity (Wildman–Crippen MR) is 120 cm³/mol. The van der Waals surface area contributed by atoms with Crippen LogP contribution >= 0.6 is 11.8 Å². The molecule has 1 fully saturated rings. The first-order valence-electron chi connectivity index (χ1n) is 10.1. The van der Waals surface area contributed by atoms with Crippen LogP contribution in [-0.2, 0) is 10.2 Å². The minimum atomic E-state index is -4.97. The second-order valence-corrected chi connectivity index (χ2v) is 9.32. The lowest BCUT2D eigenvalue weighted by Crippen LogP contribution is -2.21. The van der Waals surface area contributed by atoms with E-state index in [-0.39, 0.29) is 28.2 Å². The average Bonchev–Trinajstić information content (AvgIpc) is 3.24. The molecule has 3 amide bonds. The van der Waals surface area contributed by atoms with Crippen LogP contribution in [0.25, 0.3) is 17.2 Å². The van der Waals surface area contributed by atoms with E-state index in [0.717, 1.165) is 6.07 Å². The van der Waals surface area contributed by atoms with Gasteiger partial charge in [-0.25, -0.2) is 0 Å². The van der Waals surface area contributed by atoms with E-state index in [4.69, 9.17) is 4.74 Å². The molecule has 1 saturated heterocycles. The number of hydrogen-bond donors (Lipinski definition) is 2. The van der Waals surface area contributed by atoms with Gasteiger partial charge in [-0.3, -0.25) is 19.7 Å². The number of carbonyl (C=O) groups is 3. The van der Waals surface area contributed by atoms with E-state index in [9.17, 15) is 27.6 Å². The first-order chi connectivity index (χ1) is 15.9. The smallest absolute Gasteiger partial charge is 0.492 e.